The molecule has 0 N–H and O–H groups in total. The van der Waals surface area contributed by atoms with Crippen LogP contribution in [-0.4, -0.2) is 20.3 Å². The fourth-order valence-electron chi connectivity index (χ4n) is 9.28. The zero-order chi connectivity index (χ0) is 24.5. The van der Waals surface area contributed by atoms with Crippen molar-refractivity contribution < 1.29 is 17.4 Å². The number of benzene rings is 1. The fraction of sp³-hybridized carbons (Fsp3) is 0.759. The van der Waals surface area contributed by atoms with Crippen molar-refractivity contribution in [3.63, 3.8) is 0 Å². The van der Waals surface area contributed by atoms with Crippen molar-refractivity contribution in [2.75, 3.05) is 0 Å². The van der Waals surface area contributed by atoms with E-state index in [1.165, 1.54) is 19.3 Å². The quantitative estimate of drug-likeness (QED) is 0.444. The average molecular weight is 487 g/mol. The molecule has 0 spiro atoms. The Morgan fingerprint density at radius 2 is 1.62 bits per heavy atom. The number of hydrogen-bond donors (Lipinski definition) is 0. The highest BCUT2D eigenvalue weighted by Gasteiger charge is 2.64. The summed E-state index contributed by atoms with van der Waals surface area (Å²) in [6.45, 7) is 11.1. The summed E-state index contributed by atoms with van der Waals surface area (Å²) in [4.78, 5) is 12.7. The zero-order valence-electron chi connectivity index (χ0n) is 21.6. The van der Waals surface area contributed by atoms with Crippen molar-refractivity contribution in [2.24, 2.45) is 39.9 Å². The van der Waals surface area contributed by atoms with Crippen LogP contribution >= 0.6 is 0 Å². The van der Waals surface area contributed by atoms with E-state index in [0.717, 1.165) is 44.1 Å². The molecule has 0 unspecified atom stereocenters. The Morgan fingerprint density at radius 3 is 2.29 bits per heavy atom. The van der Waals surface area contributed by atoms with Crippen LogP contribution in [0.15, 0.2) is 29.2 Å². The van der Waals surface area contributed by atoms with E-state index in [0.29, 0.717) is 23.5 Å². The van der Waals surface area contributed by atoms with Crippen LogP contribution < -0.4 is 0 Å². The molecule has 5 rings (SSSR count). The molecule has 188 valence electrons. The predicted octanol–water partition coefficient (Wildman–Crippen LogP) is 6.71. The SMILES string of the molecule is CC(=O)[C@H]1CC[C@H]2[C@@H]3CC[C@]4(C)C[C@H](OS(=O)(=O)c5ccc(C)cc5)CC[C@]4(C)[C@H]3CC[C@]12C. The summed E-state index contributed by atoms with van der Waals surface area (Å²) in [7, 11) is -3.75. The molecule has 4 saturated carbocycles. The van der Waals surface area contributed by atoms with Crippen LogP contribution in [0.2, 0.25) is 0 Å². The number of carbonyl (C=O) groups is 1. The topological polar surface area (TPSA) is 60.4 Å². The van der Waals surface area contributed by atoms with E-state index in [1.54, 1.807) is 19.1 Å². The molecule has 8 atom stereocenters. The van der Waals surface area contributed by atoms with E-state index in [4.69, 9.17) is 4.18 Å². The molecular weight excluding hydrogens is 444 g/mol. The molecule has 0 aliphatic heterocycles. The summed E-state index contributed by atoms with van der Waals surface area (Å²) in [5.41, 5.74) is 1.52. The van der Waals surface area contributed by atoms with Crippen molar-refractivity contribution in [3.8, 4) is 0 Å². The van der Waals surface area contributed by atoms with Crippen molar-refractivity contribution in [1.29, 1.82) is 0 Å². The number of hydrogen-bond acceptors (Lipinski definition) is 4. The molecule has 0 aromatic heterocycles. The minimum absolute atomic E-state index is 0.0895. The summed E-state index contributed by atoms with van der Waals surface area (Å²) < 4.78 is 31.8. The van der Waals surface area contributed by atoms with Gasteiger partial charge in [-0.2, -0.15) is 8.42 Å². The maximum absolute atomic E-state index is 13.0. The summed E-state index contributed by atoms with van der Waals surface area (Å²) in [5, 5.41) is 0. The first kappa shape index (κ1) is 24.5. The van der Waals surface area contributed by atoms with Crippen LogP contribution in [0, 0.1) is 46.8 Å². The molecule has 1 aromatic carbocycles. The Morgan fingerprint density at radius 1 is 0.912 bits per heavy atom. The third-order valence-corrected chi connectivity index (χ3v) is 12.8. The number of carbonyl (C=O) groups excluding carboxylic acids is 1. The summed E-state index contributed by atoms with van der Waals surface area (Å²) in [6.07, 6.45) is 9.38. The third kappa shape index (κ3) is 3.63. The lowest BCUT2D eigenvalue weighted by Gasteiger charge is -2.65. The molecule has 0 radical (unpaired) electrons. The van der Waals surface area contributed by atoms with Gasteiger partial charge in [0.05, 0.1) is 11.0 Å². The van der Waals surface area contributed by atoms with Gasteiger partial charge in [-0.25, -0.2) is 0 Å². The maximum atomic E-state index is 13.0. The van der Waals surface area contributed by atoms with Gasteiger partial charge in [-0.15, -0.1) is 0 Å². The molecule has 4 fully saturated rings. The highest BCUT2D eigenvalue weighted by Crippen LogP contribution is 2.70. The second kappa shape index (κ2) is 8.16. The van der Waals surface area contributed by atoms with Crippen molar-refractivity contribution >= 4 is 15.9 Å². The first-order chi connectivity index (χ1) is 15.9. The Balaban J connectivity index is 1.34. The van der Waals surface area contributed by atoms with Crippen LogP contribution in [0.4, 0.5) is 0 Å². The van der Waals surface area contributed by atoms with Crippen molar-refractivity contribution in [2.45, 2.75) is 103 Å². The normalized spacial score (nSPS) is 44.1. The van der Waals surface area contributed by atoms with Gasteiger partial charge in [0.25, 0.3) is 10.1 Å². The smallest absolute Gasteiger partial charge is 0.297 e. The molecule has 0 heterocycles. The van der Waals surface area contributed by atoms with Gasteiger partial charge in [0.2, 0.25) is 0 Å². The molecule has 4 aliphatic rings. The average Bonchev–Trinajstić information content (AvgIpc) is 3.12. The van der Waals surface area contributed by atoms with Crippen LogP contribution in [0.25, 0.3) is 0 Å². The first-order valence-corrected chi connectivity index (χ1v) is 14.8. The largest absolute Gasteiger partial charge is 0.300 e. The molecule has 1 aromatic rings. The molecule has 4 aliphatic carbocycles. The van der Waals surface area contributed by atoms with E-state index in [2.05, 4.69) is 20.8 Å². The summed E-state index contributed by atoms with van der Waals surface area (Å²) >= 11 is 0. The molecule has 34 heavy (non-hydrogen) atoms. The van der Waals surface area contributed by atoms with Gasteiger partial charge >= 0.3 is 0 Å². The molecule has 4 nitrogen and oxygen atoms in total. The van der Waals surface area contributed by atoms with Gasteiger partial charge in [0, 0.05) is 5.92 Å². The predicted molar refractivity (Wildman–Crippen MR) is 134 cm³/mol. The van der Waals surface area contributed by atoms with Crippen molar-refractivity contribution in [3.05, 3.63) is 29.8 Å². The van der Waals surface area contributed by atoms with Gasteiger partial charge < -0.3 is 0 Å². The second-order valence-corrected chi connectivity index (χ2v) is 14.5. The second-order valence-electron chi connectivity index (χ2n) is 12.9. The molecule has 0 amide bonds. The number of aryl methyl sites for hydroxylation is 1. The summed E-state index contributed by atoms with van der Waals surface area (Å²) in [6, 6.07) is 6.96. The Labute approximate surface area is 206 Å². The summed E-state index contributed by atoms with van der Waals surface area (Å²) in [5.74, 6) is 2.68. The van der Waals surface area contributed by atoms with Gasteiger partial charge in [0.1, 0.15) is 5.78 Å². The molecular formula is C29H42O4S. The van der Waals surface area contributed by atoms with Gasteiger partial charge in [-0.3, -0.25) is 8.98 Å². The Kier molecular flexibility index (Phi) is 5.88. The lowest BCUT2D eigenvalue weighted by molar-refractivity contribution is -0.168. The number of fused-ring (bicyclic) bond motifs is 5. The van der Waals surface area contributed by atoms with Crippen LogP contribution in [0.1, 0.15) is 91.0 Å². The number of rotatable bonds is 4. The Hall–Kier alpha value is -1.20. The van der Waals surface area contributed by atoms with Crippen LogP contribution in [0.3, 0.4) is 0 Å². The van der Waals surface area contributed by atoms with Gasteiger partial charge in [0.15, 0.2) is 0 Å². The van der Waals surface area contributed by atoms with E-state index in [1.807, 2.05) is 19.1 Å². The number of ketones is 1. The first-order valence-electron chi connectivity index (χ1n) is 13.4. The standard InChI is InChI=1S/C29H42O4S/c1-19-6-8-22(9-7-19)34(31,32)33-21-12-17-29(5)26-14-16-28(4)24(20(2)30)10-11-25(28)23(26)13-15-27(29,3)18-21/h6-9,21,23-26H,10-18H2,1-5H3/t21-,23+,24-,25+,26+,27-,28-,29-/m1/s1. The maximum Gasteiger partial charge on any atom is 0.297 e. The van der Waals surface area contributed by atoms with Crippen LogP contribution in [0.5, 0.6) is 0 Å². The number of Topliss-reactive ketones (excluding diaryl/α,β-unsaturated/α-hetero) is 1. The van der Waals surface area contributed by atoms with E-state index in [-0.39, 0.29) is 33.2 Å². The highest BCUT2D eigenvalue weighted by molar-refractivity contribution is 7.86. The monoisotopic (exact) mass is 486 g/mol. The van der Waals surface area contributed by atoms with Gasteiger partial charge in [-0.05, 0) is 118 Å². The van der Waals surface area contributed by atoms with E-state index < -0.39 is 10.1 Å². The molecule has 0 saturated heterocycles. The van der Waals surface area contributed by atoms with E-state index in [9.17, 15) is 13.2 Å². The molecule has 0 bridgehead atoms. The minimum Gasteiger partial charge on any atom is -0.300 e. The van der Waals surface area contributed by atoms with Crippen LogP contribution in [-0.2, 0) is 19.1 Å². The fourth-order valence-corrected chi connectivity index (χ4v) is 10.4. The lowest BCUT2D eigenvalue weighted by atomic mass is 9.40. The Bertz CT molecular complexity index is 1060. The van der Waals surface area contributed by atoms with Crippen molar-refractivity contribution in [1.82, 2.24) is 0 Å². The molecule has 5 heteroatoms. The van der Waals surface area contributed by atoms with E-state index >= 15 is 0 Å². The minimum atomic E-state index is -3.75. The zero-order valence-corrected chi connectivity index (χ0v) is 22.4. The lowest BCUT2D eigenvalue weighted by Crippen LogP contribution is -2.58. The van der Waals surface area contributed by atoms with Gasteiger partial charge in [-0.1, -0.05) is 38.5 Å². The third-order valence-electron chi connectivity index (χ3n) is 11.4. The highest BCUT2D eigenvalue weighted by atomic mass is 32.2.